The van der Waals surface area contributed by atoms with Gasteiger partial charge in [0.15, 0.2) is 0 Å². The molecule has 0 aliphatic rings. The molecule has 0 heterocycles. The van der Waals surface area contributed by atoms with Gasteiger partial charge in [-0.25, -0.2) is 0 Å². The lowest BCUT2D eigenvalue weighted by molar-refractivity contribution is 0.511. The maximum atomic E-state index is 4.12. The van der Waals surface area contributed by atoms with Gasteiger partial charge in [-0.1, -0.05) is 46.1 Å². The first-order chi connectivity index (χ1) is 7.72. The molecular formula is C14H30N2. The molecule has 0 amide bonds. The van der Waals surface area contributed by atoms with E-state index in [9.17, 15) is 0 Å². The van der Waals surface area contributed by atoms with Gasteiger partial charge in [0, 0.05) is 12.2 Å². The van der Waals surface area contributed by atoms with E-state index in [-0.39, 0.29) is 0 Å². The Balaban J connectivity index is 3.42. The fraction of sp³-hybridized carbons (Fsp3) is 0.857. The lowest BCUT2D eigenvalue weighted by atomic mass is 10.00. The van der Waals surface area contributed by atoms with Crippen LogP contribution in [0.5, 0.6) is 0 Å². The molecule has 0 aromatic heterocycles. The normalized spacial score (nSPS) is 12.4. The van der Waals surface area contributed by atoms with Crippen LogP contribution in [0.25, 0.3) is 0 Å². The summed E-state index contributed by atoms with van der Waals surface area (Å²) in [5.74, 6) is 0.617. The van der Waals surface area contributed by atoms with Crippen molar-refractivity contribution in [2.24, 2.45) is 5.92 Å². The minimum Gasteiger partial charge on any atom is -0.389 e. The van der Waals surface area contributed by atoms with Crippen LogP contribution in [0, 0.1) is 5.92 Å². The molecule has 2 N–H and O–H groups in total. The van der Waals surface area contributed by atoms with E-state index in [1.807, 2.05) is 7.05 Å². The van der Waals surface area contributed by atoms with Crippen LogP contribution in [0.15, 0.2) is 12.3 Å². The largest absolute Gasteiger partial charge is 0.389 e. The zero-order valence-corrected chi connectivity index (χ0v) is 11.4. The van der Waals surface area contributed by atoms with Crippen molar-refractivity contribution in [1.82, 2.24) is 10.6 Å². The molecule has 0 aromatic rings. The monoisotopic (exact) mass is 226 g/mol. The summed E-state index contributed by atoms with van der Waals surface area (Å²) in [4.78, 5) is 0. The van der Waals surface area contributed by atoms with Crippen LogP contribution < -0.4 is 10.6 Å². The highest BCUT2D eigenvalue weighted by atomic mass is 14.9. The van der Waals surface area contributed by atoms with Gasteiger partial charge in [-0.15, -0.1) is 0 Å². The van der Waals surface area contributed by atoms with Crippen molar-refractivity contribution < 1.29 is 0 Å². The smallest absolute Gasteiger partial charge is 0.0155 e. The average Bonchev–Trinajstić information content (AvgIpc) is 2.29. The maximum Gasteiger partial charge on any atom is 0.0155 e. The third-order valence-corrected chi connectivity index (χ3v) is 3.04. The van der Waals surface area contributed by atoms with Crippen molar-refractivity contribution >= 4 is 0 Å². The summed E-state index contributed by atoms with van der Waals surface area (Å²) in [5.41, 5.74) is 1.22. The van der Waals surface area contributed by atoms with Crippen LogP contribution in [0.2, 0.25) is 0 Å². The Labute approximate surface area is 102 Å². The molecule has 0 aliphatic carbocycles. The highest BCUT2D eigenvalue weighted by Gasteiger charge is 2.05. The van der Waals surface area contributed by atoms with Crippen molar-refractivity contribution in [1.29, 1.82) is 0 Å². The molecule has 0 spiro atoms. The Kier molecular flexibility index (Phi) is 10.7. The fourth-order valence-electron chi connectivity index (χ4n) is 1.74. The number of allylic oxidation sites excluding steroid dienone is 1. The van der Waals surface area contributed by atoms with E-state index in [0.29, 0.717) is 5.92 Å². The SMILES string of the molecule is C=C(NCCCNC)C(C)CCCCCC. The molecule has 1 atom stereocenters. The second-order valence-electron chi connectivity index (χ2n) is 4.66. The van der Waals surface area contributed by atoms with Gasteiger partial charge in [-0.05, 0) is 32.4 Å². The van der Waals surface area contributed by atoms with Gasteiger partial charge in [0.05, 0.1) is 0 Å². The quantitative estimate of drug-likeness (QED) is 0.528. The first-order valence-corrected chi connectivity index (χ1v) is 6.79. The zero-order valence-electron chi connectivity index (χ0n) is 11.4. The molecule has 96 valence electrons. The molecule has 0 saturated carbocycles. The molecule has 0 aromatic carbocycles. The van der Waals surface area contributed by atoms with Gasteiger partial charge >= 0.3 is 0 Å². The van der Waals surface area contributed by atoms with E-state index in [1.54, 1.807) is 0 Å². The van der Waals surface area contributed by atoms with Crippen LogP contribution in [-0.2, 0) is 0 Å². The highest BCUT2D eigenvalue weighted by Crippen LogP contribution is 2.15. The van der Waals surface area contributed by atoms with Crippen LogP contribution in [0.4, 0.5) is 0 Å². The second kappa shape index (κ2) is 11.0. The zero-order chi connectivity index (χ0) is 12.2. The van der Waals surface area contributed by atoms with E-state index in [0.717, 1.165) is 19.5 Å². The summed E-state index contributed by atoms with van der Waals surface area (Å²) in [6.07, 6.45) is 7.84. The minimum absolute atomic E-state index is 0.617. The molecule has 0 aliphatic heterocycles. The molecule has 1 unspecified atom stereocenters. The Morgan fingerprint density at radius 3 is 2.50 bits per heavy atom. The molecular weight excluding hydrogens is 196 g/mol. The highest BCUT2D eigenvalue weighted by molar-refractivity contribution is 4.95. The van der Waals surface area contributed by atoms with Gasteiger partial charge < -0.3 is 10.6 Å². The molecule has 0 bridgehead atoms. The van der Waals surface area contributed by atoms with Gasteiger partial charge in [0.2, 0.25) is 0 Å². The number of nitrogens with one attached hydrogen (secondary N) is 2. The van der Waals surface area contributed by atoms with Crippen LogP contribution in [0.3, 0.4) is 0 Å². The van der Waals surface area contributed by atoms with Crippen molar-refractivity contribution in [2.75, 3.05) is 20.1 Å². The van der Waals surface area contributed by atoms with Crippen LogP contribution >= 0.6 is 0 Å². The Morgan fingerprint density at radius 2 is 1.88 bits per heavy atom. The molecule has 16 heavy (non-hydrogen) atoms. The summed E-state index contributed by atoms with van der Waals surface area (Å²) < 4.78 is 0. The fourth-order valence-corrected chi connectivity index (χ4v) is 1.74. The van der Waals surface area contributed by atoms with Crippen LogP contribution in [-0.4, -0.2) is 20.1 Å². The van der Waals surface area contributed by atoms with E-state index >= 15 is 0 Å². The van der Waals surface area contributed by atoms with Crippen molar-refractivity contribution in [3.8, 4) is 0 Å². The standard InChI is InChI=1S/C14H30N2/c1-5-6-7-8-10-13(2)14(3)16-12-9-11-15-4/h13,15-16H,3,5-12H2,1-2,4H3. The van der Waals surface area contributed by atoms with Gasteiger partial charge in [0.25, 0.3) is 0 Å². The summed E-state index contributed by atoms with van der Waals surface area (Å²) in [7, 11) is 1.99. The third-order valence-electron chi connectivity index (χ3n) is 3.04. The molecule has 0 radical (unpaired) electrons. The summed E-state index contributed by atoms with van der Waals surface area (Å²) in [5, 5.41) is 6.57. The summed E-state index contributed by atoms with van der Waals surface area (Å²) in [6, 6.07) is 0. The average molecular weight is 226 g/mol. The van der Waals surface area contributed by atoms with Gasteiger partial charge in [-0.2, -0.15) is 0 Å². The lowest BCUT2D eigenvalue weighted by Crippen LogP contribution is -2.22. The summed E-state index contributed by atoms with van der Waals surface area (Å²) in [6.45, 7) is 10.8. The van der Waals surface area contributed by atoms with Crippen molar-refractivity contribution in [2.45, 2.75) is 52.4 Å². The van der Waals surface area contributed by atoms with Crippen molar-refractivity contribution in [3.05, 3.63) is 12.3 Å². The number of unbranched alkanes of at least 4 members (excludes halogenated alkanes) is 3. The lowest BCUT2D eigenvalue weighted by Gasteiger charge is -2.16. The molecule has 0 fully saturated rings. The number of hydrogen-bond acceptors (Lipinski definition) is 2. The maximum absolute atomic E-state index is 4.12. The Hall–Kier alpha value is -0.500. The number of rotatable bonds is 11. The predicted octanol–water partition coefficient (Wildman–Crippen LogP) is 3.31. The third kappa shape index (κ3) is 8.78. The first kappa shape index (κ1) is 15.5. The van der Waals surface area contributed by atoms with E-state index in [1.165, 1.54) is 37.8 Å². The van der Waals surface area contributed by atoms with E-state index in [4.69, 9.17) is 0 Å². The van der Waals surface area contributed by atoms with E-state index < -0.39 is 0 Å². The molecule has 0 rings (SSSR count). The van der Waals surface area contributed by atoms with Crippen molar-refractivity contribution in [3.63, 3.8) is 0 Å². The predicted molar refractivity (Wildman–Crippen MR) is 73.6 cm³/mol. The minimum atomic E-state index is 0.617. The van der Waals surface area contributed by atoms with Crippen LogP contribution in [0.1, 0.15) is 52.4 Å². The number of hydrogen-bond donors (Lipinski definition) is 2. The second-order valence-corrected chi connectivity index (χ2v) is 4.66. The Bertz CT molecular complexity index is 166. The van der Waals surface area contributed by atoms with Gasteiger partial charge in [-0.3, -0.25) is 0 Å². The topological polar surface area (TPSA) is 24.1 Å². The Morgan fingerprint density at radius 1 is 1.12 bits per heavy atom. The van der Waals surface area contributed by atoms with E-state index in [2.05, 4.69) is 31.1 Å². The molecule has 2 heteroatoms. The first-order valence-electron chi connectivity index (χ1n) is 6.79. The summed E-state index contributed by atoms with van der Waals surface area (Å²) >= 11 is 0. The van der Waals surface area contributed by atoms with Gasteiger partial charge in [0.1, 0.15) is 0 Å². The molecule has 2 nitrogen and oxygen atoms in total. The molecule has 0 saturated heterocycles.